The first-order chi connectivity index (χ1) is 9.99. The summed E-state index contributed by atoms with van der Waals surface area (Å²) in [5, 5.41) is 16.3. The number of carbonyl (C=O) groups excluding carboxylic acids is 1. The van der Waals surface area contributed by atoms with Crippen molar-refractivity contribution in [3.8, 4) is 0 Å². The summed E-state index contributed by atoms with van der Waals surface area (Å²) in [6.45, 7) is 1.11. The number of amides is 1. The van der Waals surface area contributed by atoms with Crippen LogP contribution in [0.5, 0.6) is 0 Å². The minimum atomic E-state index is -1.32. The topological polar surface area (TPSA) is 84.3 Å². The maximum Gasteiger partial charge on any atom is 0.308 e. The lowest BCUT2D eigenvalue weighted by atomic mass is 10.0. The van der Waals surface area contributed by atoms with E-state index in [1.165, 1.54) is 0 Å². The lowest BCUT2D eigenvalue weighted by Crippen LogP contribution is -2.43. The van der Waals surface area contributed by atoms with Gasteiger partial charge in [0.05, 0.1) is 16.6 Å². The number of nitrogens with zero attached hydrogens (tertiary/aromatic N) is 1. The summed E-state index contributed by atoms with van der Waals surface area (Å²) in [5.74, 6) is -3.21. The highest BCUT2D eigenvalue weighted by Crippen LogP contribution is 2.22. The number of hydrogen-bond donors (Lipinski definition) is 2. The Kier molecular flexibility index (Phi) is 4.79. The molecule has 0 aliphatic carbocycles. The van der Waals surface area contributed by atoms with E-state index < -0.39 is 33.7 Å². The number of nitrogens with one attached hydrogen (secondary N) is 2. The van der Waals surface area contributed by atoms with Gasteiger partial charge in [-0.05, 0) is 25.5 Å². The molecule has 0 radical (unpaired) electrons. The monoisotopic (exact) mass is 299 g/mol. The van der Waals surface area contributed by atoms with Gasteiger partial charge in [-0.25, -0.2) is 4.39 Å². The Hall–Kier alpha value is -2.09. The summed E-state index contributed by atoms with van der Waals surface area (Å²) in [5.41, 5.74) is -1.70. The summed E-state index contributed by atoms with van der Waals surface area (Å²) >= 11 is 0. The Balaban J connectivity index is 2.09. The molecule has 2 N–H and O–H groups in total. The molecule has 2 rings (SSSR count). The standard InChI is InChI=1S/C13H15F2N3O3/c14-8-5-10(12(15)11(6-8)18(20)21)13(19)17-7-9-3-1-2-4-16-9/h5-6,9,16H,1-4,7H2,(H,17,19). The van der Waals surface area contributed by atoms with E-state index >= 15 is 0 Å². The van der Waals surface area contributed by atoms with E-state index in [2.05, 4.69) is 10.6 Å². The van der Waals surface area contributed by atoms with Gasteiger partial charge >= 0.3 is 5.69 Å². The Bertz CT molecular complexity index is 560. The molecular weight excluding hydrogens is 284 g/mol. The molecule has 1 amide bonds. The van der Waals surface area contributed by atoms with Crippen molar-refractivity contribution in [2.75, 3.05) is 13.1 Å². The Morgan fingerprint density at radius 2 is 2.19 bits per heavy atom. The van der Waals surface area contributed by atoms with Crippen LogP contribution in [0.2, 0.25) is 0 Å². The van der Waals surface area contributed by atoms with Crippen LogP contribution >= 0.6 is 0 Å². The molecule has 1 aromatic carbocycles. The minimum Gasteiger partial charge on any atom is -0.350 e. The van der Waals surface area contributed by atoms with Crippen LogP contribution in [-0.2, 0) is 0 Å². The van der Waals surface area contributed by atoms with Gasteiger partial charge in [0, 0.05) is 12.6 Å². The zero-order valence-corrected chi connectivity index (χ0v) is 11.2. The molecule has 1 aromatic rings. The molecule has 1 fully saturated rings. The van der Waals surface area contributed by atoms with Crippen LogP contribution in [0.3, 0.4) is 0 Å². The van der Waals surface area contributed by atoms with E-state index in [1.54, 1.807) is 0 Å². The first kappa shape index (κ1) is 15.3. The normalized spacial score (nSPS) is 18.3. The smallest absolute Gasteiger partial charge is 0.308 e. The molecule has 0 saturated carbocycles. The van der Waals surface area contributed by atoms with Gasteiger partial charge in [-0.15, -0.1) is 0 Å². The molecule has 114 valence electrons. The number of benzene rings is 1. The molecular formula is C13H15F2N3O3. The Morgan fingerprint density at radius 3 is 2.81 bits per heavy atom. The quantitative estimate of drug-likeness (QED) is 0.655. The van der Waals surface area contributed by atoms with Gasteiger partial charge in [0.15, 0.2) is 0 Å². The van der Waals surface area contributed by atoms with Crippen LogP contribution in [0.15, 0.2) is 12.1 Å². The predicted octanol–water partition coefficient (Wildman–Crippen LogP) is 1.74. The third kappa shape index (κ3) is 3.72. The second kappa shape index (κ2) is 6.57. The van der Waals surface area contributed by atoms with Crippen molar-refractivity contribution in [1.82, 2.24) is 10.6 Å². The zero-order chi connectivity index (χ0) is 15.4. The average Bonchev–Trinajstić information content (AvgIpc) is 2.47. The summed E-state index contributed by atoms with van der Waals surface area (Å²) in [6.07, 6.45) is 2.98. The van der Waals surface area contributed by atoms with Crippen LogP contribution in [0.1, 0.15) is 29.6 Å². The fourth-order valence-electron chi connectivity index (χ4n) is 2.28. The fourth-order valence-corrected chi connectivity index (χ4v) is 2.28. The van der Waals surface area contributed by atoms with Crippen molar-refractivity contribution in [3.63, 3.8) is 0 Å². The lowest BCUT2D eigenvalue weighted by molar-refractivity contribution is -0.387. The first-order valence-corrected chi connectivity index (χ1v) is 6.64. The third-order valence-corrected chi connectivity index (χ3v) is 3.38. The summed E-state index contributed by atoms with van der Waals surface area (Å²) < 4.78 is 27.1. The van der Waals surface area contributed by atoms with Crippen molar-refractivity contribution >= 4 is 11.6 Å². The molecule has 0 bridgehead atoms. The van der Waals surface area contributed by atoms with E-state index in [4.69, 9.17) is 0 Å². The number of nitro groups is 1. The average molecular weight is 299 g/mol. The molecule has 0 aromatic heterocycles. The number of nitro benzene ring substituents is 1. The van der Waals surface area contributed by atoms with Crippen molar-refractivity contribution in [3.05, 3.63) is 39.4 Å². The predicted molar refractivity (Wildman–Crippen MR) is 71.0 cm³/mol. The van der Waals surface area contributed by atoms with Crippen molar-refractivity contribution in [1.29, 1.82) is 0 Å². The van der Waals surface area contributed by atoms with Crippen LogP contribution in [0, 0.1) is 21.7 Å². The largest absolute Gasteiger partial charge is 0.350 e. The fraction of sp³-hybridized carbons (Fsp3) is 0.462. The van der Waals surface area contributed by atoms with E-state index in [0.29, 0.717) is 12.1 Å². The maximum atomic E-state index is 13.8. The van der Waals surface area contributed by atoms with Gasteiger partial charge in [-0.1, -0.05) is 6.42 Å². The lowest BCUT2D eigenvalue weighted by Gasteiger charge is -2.23. The minimum absolute atomic E-state index is 0.0781. The molecule has 1 saturated heterocycles. The van der Waals surface area contributed by atoms with Gasteiger partial charge in [0.1, 0.15) is 5.82 Å². The highest BCUT2D eigenvalue weighted by molar-refractivity contribution is 5.95. The number of hydrogen-bond acceptors (Lipinski definition) is 4. The molecule has 21 heavy (non-hydrogen) atoms. The molecule has 8 heteroatoms. The maximum absolute atomic E-state index is 13.8. The molecule has 1 atom stereocenters. The van der Waals surface area contributed by atoms with Gasteiger partial charge < -0.3 is 10.6 Å². The van der Waals surface area contributed by atoms with Crippen molar-refractivity contribution < 1.29 is 18.5 Å². The summed E-state index contributed by atoms with van der Waals surface area (Å²) in [4.78, 5) is 21.4. The van der Waals surface area contributed by atoms with E-state index in [9.17, 15) is 23.7 Å². The van der Waals surface area contributed by atoms with Crippen LogP contribution in [0.25, 0.3) is 0 Å². The molecule has 1 unspecified atom stereocenters. The highest BCUT2D eigenvalue weighted by atomic mass is 19.1. The second-order valence-corrected chi connectivity index (χ2v) is 4.90. The number of rotatable bonds is 4. The Labute approximate surface area is 119 Å². The second-order valence-electron chi connectivity index (χ2n) is 4.90. The molecule has 1 aliphatic heterocycles. The first-order valence-electron chi connectivity index (χ1n) is 6.64. The van der Waals surface area contributed by atoms with Gasteiger partial charge in [-0.3, -0.25) is 14.9 Å². The van der Waals surface area contributed by atoms with Gasteiger partial charge in [0.25, 0.3) is 5.91 Å². The van der Waals surface area contributed by atoms with E-state index in [1.807, 2.05) is 0 Å². The van der Waals surface area contributed by atoms with Crippen LogP contribution < -0.4 is 10.6 Å². The van der Waals surface area contributed by atoms with Crippen molar-refractivity contribution in [2.45, 2.75) is 25.3 Å². The van der Waals surface area contributed by atoms with Gasteiger partial charge in [-0.2, -0.15) is 4.39 Å². The van der Waals surface area contributed by atoms with Crippen LogP contribution in [-0.4, -0.2) is 30.0 Å². The van der Waals surface area contributed by atoms with Gasteiger partial charge in [0.2, 0.25) is 5.82 Å². The number of carbonyl (C=O) groups is 1. The molecule has 1 aliphatic rings. The van der Waals surface area contributed by atoms with Crippen molar-refractivity contribution in [2.24, 2.45) is 0 Å². The SMILES string of the molecule is O=C(NCC1CCCCN1)c1cc(F)cc([N+](=O)[O-])c1F. The summed E-state index contributed by atoms with van der Waals surface area (Å²) in [6, 6.07) is 1.19. The Morgan fingerprint density at radius 1 is 1.43 bits per heavy atom. The number of halogens is 2. The molecule has 1 heterocycles. The number of piperidine rings is 1. The summed E-state index contributed by atoms with van der Waals surface area (Å²) in [7, 11) is 0. The van der Waals surface area contributed by atoms with E-state index in [0.717, 1.165) is 25.8 Å². The van der Waals surface area contributed by atoms with E-state index in [-0.39, 0.29) is 12.6 Å². The molecule has 6 nitrogen and oxygen atoms in total. The molecule has 0 spiro atoms. The highest BCUT2D eigenvalue weighted by Gasteiger charge is 2.24. The van der Waals surface area contributed by atoms with Crippen LogP contribution in [0.4, 0.5) is 14.5 Å². The third-order valence-electron chi connectivity index (χ3n) is 3.38. The zero-order valence-electron chi connectivity index (χ0n) is 11.2.